The lowest BCUT2D eigenvalue weighted by Gasteiger charge is -2.12. The van der Waals surface area contributed by atoms with Crippen LogP contribution in [0.5, 0.6) is 0 Å². The number of amides is 2. The summed E-state index contributed by atoms with van der Waals surface area (Å²) in [5, 5.41) is 5.77. The average molecular weight is 461 g/mol. The standard InChI is InChI=1S/C25H24N4O3S/c1-5-17-10-6-7-11-19(17)28-23(31)21-22(33-25-26-15(3)13-20(30)29(21)25)24(32)27-18-12-8-9-14(2)16(18)4/h6-13H,5H2,1-4H3,(H,27,32)(H,28,31). The van der Waals surface area contributed by atoms with Crippen LogP contribution in [0.2, 0.25) is 0 Å². The monoisotopic (exact) mass is 460 g/mol. The minimum absolute atomic E-state index is 0.0267. The van der Waals surface area contributed by atoms with E-state index in [1.165, 1.54) is 10.5 Å². The van der Waals surface area contributed by atoms with Crippen LogP contribution in [0, 0.1) is 20.8 Å². The first-order chi connectivity index (χ1) is 15.8. The van der Waals surface area contributed by atoms with E-state index in [1.54, 1.807) is 19.1 Å². The van der Waals surface area contributed by atoms with Crippen molar-refractivity contribution in [1.29, 1.82) is 0 Å². The van der Waals surface area contributed by atoms with Crippen LogP contribution in [-0.4, -0.2) is 21.2 Å². The highest BCUT2D eigenvalue weighted by atomic mass is 32.1. The number of aryl methyl sites for hydroxylation is 3. The van der Waals surface area contributed by atoms with Gasteiger partial charge in [0.15, 0.2) is 4.96 Å². The molecular formula is C25H24N4O3S. The van der Waals surface area contributed by atoms with Gasteiger partial charge >= 0.3 is 0 Å². The van der Waals surface area contributed by atoms with E-state index in [9.17, 15) is 14.4 Å². The van der Waals surface area contributed by atoms with Crippen molar-refractivity contribution in [1.82, 2.24) is 9.38 Å². The summed E-state index contributed by atoms with van der Waals surface area (Å²) in [5.74, 6) is -1.01. The molecule has 8 heteroatoms. The van der Waals surface area contributed by atoms with Crippen molar-refractivity contribution < 1.29 is 9.59 Å². The van der Waals surface area contributed by atoms with Crippen LogP contribution in [0.4, 0.5) is 11.4 Å². The summed E-state index contributed by atoms with van der Waals surface area (Å²) >= 11 is 1.02. The Labute approximate surface area is 195 Å². The first-order valence-corrected chi connectivity index (χ1v) is 11.4. The van der Waals surface area contributed by atoms with Gasteiger partial charge in [0.1, 0.15) is 10.6 Å². The van der Waals surface area contributed by atoms with Crippen LogP contribution >= 0.6 is 11.3 Å². The molecule has 0 aliphatic carbocycles. The molecule has 0 saturated heterocycles. The van der Waals surface area contributed by atoms with Crippen LogP contribution in [0.25, 0.3) is 4.96 Å². The SMILES string of the molecule is CCc1ccccc1NC(=O)c1c(C(=O)Nc2cccc(C)c2C)sc2nc(C)cc(=O)n12. The Kier molecular flexibility index (Phi) is 6.11. The lowest BCUT2D eigenvalue weighted by atomic mass is 10.1. The Morgan fingerprint density at radius 1 is 0.970 bits per heavy atom. The molecule has 0 fully saturated rings. The second kappa shape index (κ2) is 8.99. The van der Waals surface area contributed by atoms with Gasteiger partial charge in [-0.05, 0) is 56.0 Å². The lowest BCUT2D eigenvalue weighted by molar-refractivity contribution is 0.0989. The minimum Gasteiger partial charge on any atom is -0.321 e. The smallest absolute Gasteiger partial charge is 0.274 e. The lowest BCUT2D eigenvalue weighted by Crippen LogP contribution is -2.25. The predicted molar refractivity (Wildman–Crippen MR) is 132 cm³/mol. The Balaban J connectivity index is 1.82. The molecule has 0 unspecified atom stereocenters. The minimum atomic E-state index is -0.541. The number of thiazole rings is 1. The van der Waals surface area contributed by atoms with Gasteiger partial charge in [-0.2, -0.15) is 0 Å². The summed E-state index contributed by atoms with van der Waals surface area (Å²) in [6.07, 6.45) is 0.724. The molecule has 0 radical (unpaired) electrons. The van der Waals surface area contributed by atoms with Gasteiger partial charge in [0.2, 0.25) is 0 Å². The van der Waals surface area contributed by atoms with Gasteiger partial charge in [-0.25, -0.2) is 9.38 Å². The second-order valence-electron chi connectivity index (χ2n) is 7.80. The van der Waals surface area contributed by atoms with Crippen molar-refractivity contribution in [3.8, 4) is 0 Å². The van der Waals surface area contributed by atoms with E-state index in [0.29, 0.717) is 22.0 Å². The summed E-state index contributed by atoms with van der Waals surface area (Å²) in [4.78, 5) is 44.4. The molecule has 0 saturated carbocycles. The predicted octanol–water partition coefficient (Wildman–Crippen LogP) is 4.75. The molecule has 2 heterocycles. The molecule has 4 rings (SSSR count). The van der Waals surface area contributed by atoms with E-state index >= 15 is 0 Å². The summed E-state index contributed by atoms with van der Waals surface area (Å²) in [5.41, 5.74) is 4.29. The van der Waals surface area contributed by atoms with Crippen LogP contribution < -0.4 is 16.2 Å². The number of hydrogen-bond donors (Lipinski definition) is 2. The van der Waals surface area contributed by atoms with E-state index in [0.717, 1.165) is 34.4 Å². The number of nitrogens with one attached hydrogen (secondary N) is 2. The van der Waals surface area contributed by atoms with Crippen LogP contribution in [0.1, 0.15) is 49.5 Å². The van der Waals surface area contributed by atoms with E-state index in [-0.39, 0.29) is 10.6 Å². The average Bonchev–Trinajstić information content (AvgIpc) is 3.17. The highest BCUT2D eigenvalue weighted by molar-refractivity contribution is 7.19. The number of carbonyl (C=O) groups is 2. The van der Waals surface area contributed by atoms with Crippen molar-refractivity contribution in [2.45, 2.75) is 34.1 Å². The number of carbonyl (C=O) groups excluding carboxylic acids is 2. The molecule has 168 valence electrons. The Bertz CT molecular complexity index is 1450. The maximum Gasteiger partial charge on any atom is 0.274 e. The number of hydrogen-bond acceptors (Lipinski definition) is 5. The fourth-order valence-electron chi connectivity index (χ4n) is 3.64. The molecule has 2 aromatic carbocycles. The molecule has 33 heavy (non-hydrogen) atoms. The molecule has 7 nitrogen and oxygen atoms in total. The van der Waals surface area contributed by atoms with Crippen LogP contribution in [-0.2, 0) is 6.42 Å². The second-order valence-corrected chi connectivity index (χ2v) is 8.78. The first kappa shape index (κ1) is 22.4. The Hall–Kier alpha value is -3.78. The largest absolute Gasteiger partial charge is 0.321 e. The molecule has 0 bridgehead atoms. The topological polar surface area (TPSA) is 92.6 Å². The maximum atomic E-state index is 13.4. The zero-order valence-corrected chi connectivity index (χ0v) is 19.7. The number of para-hydroxylation sites is 1. The quantitative estimate of drug-likeness (QED) is 0.450. The summed E-state index contributed by atoms with van der Waals surface area (Å²) < 4.78 is 1.21. The number of fused-ring (bicyclic) bond motifs is 1. The molecule has 2 amide bonds. The number of nitrogens with zero attached hydrogens (tertiary/aromatic N) is 2. The highest BCUT2D eigenvalue weighted by Gasteiger charge is 2.27. The first-order valence-electron chi connectivity index (χ1n) is 10.6. The van der Waals surface area contributed by atoms with Gasteiger partial charge in [-0.15, -0.1) is 0 Å². The molecule has 2 aromatic heterocycles. The normalized spacial score (nSPS) is 10.9. The number of rotatable bonds is 5. The van der Waals surface area contributed by atoms with E-state index < -0.39 is 17.4 Å². The van der Waals surface area contributed by atoms with Crippen molar-refractivity contribution in [3.63, 3.8) is 0 Å². The van der Waals surface area contributed by atoms with Gasteiger partial charge in [0.25, 0.3) is 17.4 Å². The molecule has 0 atom stereocenters. The van der Waals surface area contributed by atoms with Crippen molar-refractivity contribution >= 4 is 39.5 Å². The molecular weight excluding hydrogens is 436 g/mol. The molecule has 0 aliphatic rings. The van der Waals surface area contributed by atoms with E-state index in [4.69, 9.17) is 0 Å². The number of anilines is 2. The molecule has 0 spiro atoms. The zero-order valence-electron chi connectivity index (χ0n) is 18.9. The third-order valence-electron chi connectivity index (χ3n) is 5.57. The number of benzene rings is 2. The molecule has 0 aliphatic heterocycles. The summed E-state index contributed by atoms with van der Waals surface area (Å²) in [6, 6.07) is 14.4. The fourth-order valence-corrected chi connectivity index (χ4v) is 4.71. The highest BCUT2D eigenvalue weighted by Crippen LogP contribution is 2.26. The Morgan fingerprint density at radius 3 is 2.42 bits per heavy atom. The summed E-state index contributed by atoms with van der Waals surface area (Å²) in [6.45, 7) is 7.57. The van der Waals surface area contributed by atoms with E-state index in [1.807, 2.05) is 51.1 Å². The summed E-state index contributed by atoms with van der Waals surface area (Å²) in [7, 11) is 0. The van der Waals surface area contributed by atoms with Crippen molar-refractivity contribution in [2.24, 2.45) is 0 Å². The van der Waals surface area contributed by atoms with Gasteiger partial charge in [0, 0.05) is 23.1 Å². The van der Waals surface area contributed by atoms with Gasteiger partial charge in [-0.3, -0.25) is 14.4 Å². The van der Waals surface area contributed by atoms with Crippen LogP contribution in [0.15, 0.2) is 53.3 Å². The van der Waals surface area contributed by atoms with Crippen molar-refractivity contribution in [2.75, 3.05) is 10.6 Å². The van der Waals surface area contributed by atoms with Gasteiger partial charge in [0.05, 0.1) is 0 Å². The van der Waals surface area contributed by atoms with E-state index in [2.05, 4.69) is 15.6 Å². The zero-order chi connectivity index (χ0) is 23.7. The maximum absolute atomic E-state index is 13.4. The third-order valence-corrected chi connectivity index (χ3v) is 6.61. The van der Waals surface area contributed by atoms with Crippen molar-refractivity contribution in [3.05, 3.63) is 91.8 Å². The third kappa shape index (κ3) is 4.29. The fraction of sp³-hybridized carbons (Fsp3) is 0.200. The number of aromatic nitrogens is 2. The Morgan fingerprint density at radius 2 is 1.67 bits per heavy atom. The van der Waals surface area contributed by atoms with Gasteiger partial charge in [-0.1, -0.05) is 48.6 Å². The molecule has 4 aromatic rings. The van der Waals surface area contributed by atoms with Gasteiger partial charge < -0.3 is 10.6 Å². The van der Waals surface area contributed by atoms with Crippen LogP contribution in [0.3, 0.4) is 0 Å². The molecule has 2 N–H and O–H groups in total.